The summed E-state index contributed by atoms with van der Waals surface area (Å²) in [6.45, 7) is 1.29. The molecule has 0 saturated carbocycles. The Labute approximate surface area is 193 Å². The highest BCUT2D eigenvalue weighted by atomic mass is 16.5. The maximum Gasteiger partial charge on any atom is 0.336 e. The van der Waals surface area contributed by atoms with Gasteiger partial charge in [-0.2, -0.15) is 5.10 Å². The van der Waals surface area contributed by atoms with E-state index in [4.69, 9.17) is 9.84 Å². The molecule has 8 nitrogen and oxygen atoms in total. The van der Waals surface area contributed by atoms with Crippen LogP contribution < -0.4 is 10.1 Å². The highest BCUT2D eigenvalue weighted by Gasteiger charge is 2.38. The van der Waals surface area contributed by atoms with Crippen LogP contribution in [0.1, 0.15) is 47.3 Å². The molecule has 0 aliphatic carbocycles. The van der Waals surface area contributed by atoms with Crippen LogP contribution in [0.5, 0.6) is 5.75 Å². The van der Waals surface area contributed by atoms with Crippen molar-refractivity contribution in [3.8, 4) is 5.75 Å². The van der Waals surface area contributed by atoms with Gasteiger partial charge in [0.25, 0.3) is 0 Å². The molecule has 4 heterocycles. The van der Waals surface area contributed by atoms with Crippen LogP contribution in [0.15, 0.2) is 36.5 Å². The summed E-state index contributed by atoms with van der Waals surface area (Å²) in [5.41, 5.74) is 2.70. The Balaban J connectivity index is 1.36. The predicted molar refractivity (Wildman–Crippen MR) is 126 cm³/mol. The van der Waals surface area contributed by atoms with Crippen molar-refractivity contribution in [2.75, 3.05) is 20.7 Å². The van der Waals surface area contributed by atoms with E-state index in [9.17, 15) is 9.90 Å². The molecular formula is C25H31N5O3. The highest BCUT2D eigenvalue weighted by molar-refractivity contribution is 6.02. The van der Waals surface area contributed by atoms with Gasteiger partial charge in [-0.05, 0) is 56.5 Å². The zero-order chi connectivity index (χ0) is 22.9. The second-order valence-electron chi connectivity index (χ2n) is 9.24. The summed E-state index contributed by atoms with van der Waals surface area (Å²) >= 11 is 0. The summed E-state index contributed by atoms with van der Waals surface area (Å²) < 4.78 is 7.06. The maximum absolute atomic E-state index is 11.9. The molecule has 2 saturated heterocycles. The molecule has 2 N–H and O–H groups in total. The van der Waals surface area contributed by atoms with Gasteiger partial charge >= 0.3 is 5.97 Å². The van der Waals surface area contributed by atoms with Crippen molar-refractivity contribution in [2.45, 2.75) is 56.8 Å². The average Bonchev–Trinajstić information content (AvgIpc) is 3.25. The molecule has 5 rings (SSSR count). The molecule has 0 radical (unpaired) electrons. The molecule has 2 unspecified atom stereocenters. The molecule has 0 spiro atoms. The molecule has 174 valence electrons. The van der Waals surface area contributed by atoms with E-state index in [0.717, 1.165) is 23.6 Å². The quantitative estimate of drug-likeness (QED) is 0.546. The summed E-state index contributed by atoms with van der Waals surface area (Å²) in [6, 6.07) is 11.3. The van der Waals surface area contributed by atoms with Gasteiger partial charge in [-0.1, -0.05) is 12.1 Å². The number of aromatic nitrogens is 3. The first-order valence-corrected chi connectivity index (χ1v) is 11.7. The van der Waals surface area contributed by atoms with Gasteiger partial charge in [0.1, 0.15) is 5.75 Å². The topological polar surface area (TPSA) is 92.5 Å². The van der Waals surface area contributed by atoms with Crippen LogP contribution in [-0.2, 0) is 13.0 Å². The Morgan fingerprint density at radius 3 is 2.58 bits per heavy atom. The van der Waals surface area contributed by atoms with Crippen molar-refractivity contribution >= 4 is 17.0 Å². The number of carbonyl (C=O) groups is 1. The number of carboxylic acid groups (broad SMARTS) is 1. The first-order valence-electron chi connectivity index (χ1n) is 11.7. The SMILES string of the molecule is COc1ccc(Cn2nc(CCNC3CC4CCC(C3)N4C)c3c(C(=O)O)ccnc32)cc1. The molecule has 8 heteroatoms. The summed E-state index contributed by atoms with van der Waals surface area (Å²) in [4.78, 5) is 19.0. The van der Waals surface area contributed by atoms with Gasteiger partial charge in [0.05, 0.1) is 30.3 Å². The standard InChI is InChI=1S/C25H31N5O3/c1-29-18-5-6-19(29)14-17(13-18)26-12-10-22-23-21(25(31)32)9-11-27-24(23)30(28-22)15-16-3-7-20(33-2)8-4-16/h3-4,7-9,11,17-19,26H,5-6,10,12-15H2,1-2H3,(H,31,32). The Bertz CT molecular complexity index is 1130. The second-order valence-corrected chi connectivity index (χ2v) is 9.24. The lowest BCUT2D eigenvalue weighted by molar-refractivity contribution is 0.0699. The largest absolute Gasteiger partial charge is 0.497 e. The Hall–Kier alpha value is -2.97. The molecule has 33 heavy (non-hydrogen) atoms. The molecule has 2 fully saturated rings. The minimum atomic E-state index is -0.951. The fraction of sp³-hybridized carbons (Fsp3) is 0.480. The van der Waals surface area contributed by atoms with Gasteiger partial charge in [0.15, 0.2) is 5.65 Å². The van der Waals surface area contributed by atoms with Crippen molar-refractivity contribution in [2.24, 2.45) is 0 Å². The van der Waals surface area contributed by atoms with Crippen LogP contribution in [0.3, 0.4) is 0 Å². The van der Waals surface area contributed by atoms with E-state index in [0.29, 0.717) is 42.1 Å². The number of ether oxygens (including phenoxy) is 1. The van der Waals surface area contributed by atoms with Gasteiger partial charge in [-0.15, -0.1) is 0 Å². The number of methoxy groups -OCH3 is 1. The number of fused-ring (bicyclic) bond motifs is 3. The first-order chi connectivity index (χ1) is 16.0. The predicted octanol–water partition coefficient (Wildman–Crippen LogP) is 2.94. The minimum Gasteiger partial charge on any atom is -0.497 e. The number of hydrogen-bond acceptors (Lipinski definition) is 6. The lowest BCUT2D eigenvalue weighted by Crippen LogP contribution is -2.47. The molecule has 2 aromatic heterocycles. The number of aromatic carboxylic acids is 1. The monoisotopic (exact) mass is 449 g/mol. The van der Waals surface area contributed by atoms with Gasteiger partial charge in [0.2, 0.25) is 0 Å². The molecule has 2 aliphatic heterocycles. The molecule has 1 aromatic carbocycles. The zero-order valence-corrected chi connectivity index (χ0v) is 19.2. The molecule has 2 aliphatic rings. The molecular weight excluding hydrogens is 418 g/mol. The lowest BCUT2D eigenvalue weighted by atomic mass is 9.98. The number of nitrogens with one attached hydrogen (secondary N) is 1. The van der Waals surface area contributed by atoms with Crippen molar-refractivity contribution in [3.63, 3.8) is 0 Å². The fourth-order valence-electron chi connectivity index (χ4n) is 5.51. The van der Waals surface area contributed by atoms with E-state index < -0.39 is 5.97 Å². The van der Waals surface area contributed by atoms with Crippen LogP contribution in [0, 0.1) is 0 Å². The average molecular weight is 450 g/mol. The van der Waals surface area contributed by atoms with Crippen molar-refractivity contribution < 1.29 is 14.6 Å². The van der Waals surface area contributed by atoms with Gasteiger partial charge in [-0.3, -0.25) is 0 Å². The van der Waals surface area contributed by atoms with Crippen LogP contribution >= 0.6 is 0 Å². The van der Waals surface area contributed by atoms with Crippen molar-refractivity contribution in [3.05, 3.63) is 53.3 Å². The Kier molecular flexibility index (Phi) is 6.03. The third-order valence-corrected chi connectivity index (χ3v) is 7.32. The summed E-state index contributed by atoms with van der Waals surface area (Å²) in [6.07, 6.45) is 7.18. The van der Waals surface area contributed by atoms with E-state index in [2.05, 4.69) is 22.2 Å². The maximum atomic E-state index is 11.9. The Morgan fingerprint density at radius 1 is 1.18 bits per heavy atom. The van der Waals surface area contributed by atoms with E-state index in [1.54, 1.807) is 19.4 Å². The number of nitrogens with zero attached hydrogens (tertiary/aromatic N) is 4. The van der Waals surface area contributed by atoms with Crippen molar-refractivity contribution in [1.82, 2.24) is 25.0 Å². The van der Waals surface area contributed by atoms with Gasteiger partial charge < -0.3 is 20.1 Å². The third-order valence-electron chi connectivity index (χ3n) is 7.32. The molecule has 2 atom stereocenters. The van der Waals surface area contributed by atoms with E-state index in [1.165, 1.54) is 25.7 Å². The lowest BCUT2D eigenvalue weighted by Gasteiger charge is -2.36. The number of carboxylic acids is 1. The third kappa shape index (κ3) is 4.32. The first kappa shape index (κ1) is 21.9. The Morgan fingerprint density at radius 2 is 1.91 bits per heavy atom. The van der Waals surface area contributed by atoms with Crippen LogP contribution in [0.4, 0.5) is 0 Å². The summed E-state index contributed by atoms with van der Waals surface area (Å²) in [5.74, 6) is -0.156. The minimum absolute atomic E-state index is 0.258. The van der Waals surface area contributed by atoms with E-state index >= 15 is 0 Å². The van der Waals surface area contributed by atoms with Crippen molar-refractivity contribution in [1.29, 1.82) is 0 Å². The summed E-state index contributed by atoms with van der Waals surface area (Å²) in [5, 5.41) is 19.0. The second kappa shape index (κ2) is 9.11. The number of hydrogen-bond donors (Lipinski definition) is 2. The number of pyridine rings is 1. The van der Waals surface area contributed by atoms with Gasteiger partial charge in [0, 0.05) is 37.3 Å². The van der Waals surface area contributed by atoms with Gasteiger partial charge in [-0.25, -0.2) is 14.5 Å². The summed E-state index contributed by atoms with van der Waals surface area (Å²) in [7, 11) is 3.89. The zero-order valence-electron chi connectivity index (χ0n) is 19.2. The number of piperidine rings is 1. The van der Waals surface area contributed by atoms with Crippen LogP contribution in [0.2, 0.25) is 0 Å². The van der Waals surface area contributed by atoms with Crippen LogP contribution in [0.25, 0.3) is 11.0 Å². The molecule has 3 aromatic rings. The highest BCUT2D eigenvalue weighted by Crippen LogP contribution is 2.34. The smallest absolute Gasteiger partial charge is 0.336 e. The molecule has 2 bridgehead atoms. The normalized spacial score (nSPS) is 22.7. The number of rotatable bonds is 8. The number of benzene rings is 1. The van der Waals surface area contributed by atoms with E-state index in [-0.39, 0.29) is 5.56 Å². The van der Waals surface area contributed by atoms with E-state index in [1.807, 2.05) is 28.9 Å². The van der Waals surface area contributed by atoms with Crippen LogP contribution in [-0.4, -0.2) is 69.6 Å². The fourth-order valence-corrected chi connectivity index (χ4v) is 5.51. The molecule has 0 amide bonds.